The summed E-state index contributed by atoms with van der Waals surface area (Å²) < 4.78 is 7.25. The van der Waals surface area contributed by atoms with Crippen LogP contribution in [0.3, 0.4) is 0 Å². The van der Waals surface area contributed by atoms with E-state index in [4.69, 9.17) is 4.42 Å². The Hall–Kier alpha value is -2.03. The fraction of sp³-hybridized carbons (Fsp3) is 0.154. The lowest BCUT2D eigenvalue weighted by Gasteiger charge is -2.00. The first-order valence-corrected chi connectivity index (χ1v) is 5.15. The number of aryl methyl sites for hydroxylation is 2. The predicted molar refractivity (Wildman–Crippen MR) is 63.7 cm³/mol. The number of rotatable bonds is 0. The summed E-state index contributed by atoms with van der Waals surface area (Å²) in [5.74, 6) is 0. The van der Waals surface area contributed by atoms with Crippen molar-refractivity contribution in [2.45, 2.75) is 6.92 Å². The maximum atomic E-state index is 11.1. The molecule has 3 heteroatoms. The first-order chi connectivity index (χ1) is 7.66. The first-order valence-electron chi connectivity index (χ1n) is 5.15. The van der Waals surface area contributed by atoms with Gasteiger partial charge in [-0.25, -0.2) is 4.79 Å². The van der Waals surface area contributed by atoms with Crippen LogP contribution in [0.25, 0.3) is 21.9 Å². The molecule has 0 aliphatic rings. The summed E-state index contributed by atoms with van der Waals surface area (Å²) in [6.07, 6.45) is 2.08. The second kappa shape index (κ2) is 2.98. The van der Waals surface area contributed by atoms with Crippen molar-refractivity contribution in [2.24, 2.45) is 7.05 Å². The van der Waals surface area contributed by atoms with Crippen molar-refractivity contribution < 1.29 is 4.42 Å². The molecule has 0 amide bonds. The molecular weight excluding hydrogens is 202 g/mol. The van der Waals surface area contributed by atoms with Crippen LogP contribution in [0.2, 0.25) is 0 Å². The average Bonchev–Trinajstić information content (AvgIpc) is 2.54. The first kappa shape index (κ1) is 9.21. The number of hydrogen-bond acceptors (Lipinski definition) is 2. The fourth-order valence-corrected chi connectivity index (χ4v) is 2.27. The van der Waals surface area contributed by atoms with Gasteiger partial charge in [-0.05, 0) is 30.7 Å². The summed E-state index contributed by atoms with van der Waals surface area (Å²) in [5, 5.41) is 2.15. The molecule has 2 heterocycles. The summed E-state index contributed by atoms with van der Waals surface area (Å²) in [6, 6.07) is 7.12. The molecule has 3 rings (SSSR count). The SMILES string of the molecule is Cc1cn(C)c2ccc3oc(=O)ccc3c12. The van der Waals surface area contributed by atoms with Gasteiger partial charge in [-0.15, -0.1) is 0 Å². The van der Waals surface area contributed by atoms with Gasteiger partial charge in [-0.3, -0.25) is 0 Å². The van der Waals surface area contributed by atoms with E-state index in [1.54, 1.807) is 0 Å². The molecule has 0 saturated heterocycles. The minimum Gasteiger partial charge on any atom is -0.423 e. The van der Waals surface area contributed by atoms with E-state index in [1.165, 1.54) is 11.6 Å². The highest BCUT2D eigenvalue weighted by molar-refractivity contribution is 6.06. The second-order valence-corrected chi connectivity index (χ2v) is 4.05. The van der Waals surface area contributed by atoms with Gasteiger partial charge < -0.3 is 8.98 Å². The third kappa shape index (κ3) is 1.11. The van der Waals surface area contributed by atoms with Crippen molar-refractivity contribution in [1.29, 1.82) is 0 Å². The number of fused-ring (bicyclic) bond motifs is 3. The molecule has 0 aliphatic carbocycles. The Labute approximate surface area is 91.9 Å². The Kier molecular flexibility index (Phi) is 1.72. The Morgan fingerprint density at radius 3 is 2.81 bits per heavy atom. The topological polar surface area (TPSA) is 35.1 Å². The molecule has 0 unspecified atom stereocenters. The lowest BCUT2D eigenvalue weighted by atomic mass is 10.1. The van der Waals surface area contributed by atoms with Crippen LogP contribution in [0.5, 0.6) is 0 Å². The van der Waals surface area contributed by atoms with Gasteiger partial charge in [0.05, 0.1) is 0 Å². The monoisotopic (exact) mass is 213 g/mol. The summed E-state index contributed by atoms with van der Waals surface area (Å²) >= 11 is 0. The van der Waals surface area contributed by atoms with Gasteiger partial charge in [0.1, 0.15) is 5.58 Å². The van der Waals surface area contributed by atoms with Crippen LogP contribution >= 0.6 is 0 Å². The maximum Gasteiger partial charge on any atom is 0.336 e. The quantitative estimate of drug-likeness (QED) is 0.538. The summed E-state index contributed by atoms with van der Waals surface area (Å²) in [4.78, 5) is 11.1. The molecule has 0 bridgehead atoms. The smallest absolute Gasteiger partial charge is 0.336 e. The third-order valence-electron chi connectivity index (χ3n) is 2.94. The van der Waals surface area contributed by atoms with Crippen molar-refractivity contribution in [3.05, 3.63) is 46.4 Å². The number of aromatic nitrogens is 1. The molecule has 0 saturated carbocycles. The van der Waals surface area contributed by atoms with E-state index in [-0.39, 0.29) is 5.63 Å². The van der Waals surface area contributed by atoms with E-state index in [0.29, 0.717) is 5.58 Å². The lowest BCUT2D eigenvalue weighted by Crippen LogP contribution is -1.94. The van der Waals surface area contributed by atoms with Gasteiger partial charge in [0.2, 0.25) is 0 Å². The van der Waals surface area contributed by atoms with Crippen molar-refractivity contribution in [2.75, 3.05) is 0 Å². The second-order valence-electron chi connectivity index (χ2n) is 4.05. The minimum absolute atomic E-state index is 0.305. The molecule has 0 atom stereocenters. The maximum absolute atomic E-state index is 11.1. The Balaban J connectivity index is 2.63. The van der Waals surface area contributed by atoms with E-state index < -0.39 is 0 Å². The van der Waals surface area contributed by atoms with Crippen LogP contribution in [0, 0.1) is 6.92 Å². The van der Waals surface area contributed by atoms with Gasteiger partial charge >= 0.3 is 5.63 Å². The standard InChI is InChI=1S/C13H11NO2/c1-8-7-14(2)10-4-5-11-9(13(8)10)3-6-12(15)16-11/h3-7H,1-2H3. The normalized spacial score (nSPS) is 11.4. The molecule has 0 spiro atoms. The molecule has 3 aromatic rings. The molecule has 1 aromatic carbocycles. The van der Waals surface area contributed by atoms with E-state index in [2.05, 4.69) is 17.7 Å². The third-order valence-corrected chi connectivity index (χ3v) is 2.94. The van der Waals surface area contributed by atoms with Crippen LogP contribution in [-0.4, -0.2) is 4.57 Å². The minimum atomic E-state index is -0.305. The molecule has 0 radical (unpaired) electrons. The Bertz CT molecular complexity index is 750. The molecule has 80 valence electrons. The summed E-state index contributed by atoms with van der Waals surface area (Å²) in [7, 11) is 2.01. The van der Waals surface area contributed by atoms with Crippen molar-refractivity contribution in [3.8, 4) is 0 Å². The molecule has 2 aromatic heterocycles. The lowest BCUT2D eigenvalue weighted by molar-refractivity contribution is 0.561. The van der Waals surface area contributed by atoms with Gasteiger partial charge in [0, 0.05) is 35.6 Å². The number of hydrogen-bond donors (Lipinski definition) is 0. The predicted octanol–water partition coefficient (Wildman–Crippen LogP) is 2.59. The van der Waals surface area contributed by atoms with E-state index in [1.807, 2.05) is 25.2 Å². The summed E-state index contributed by atoms with van der Waals surface area (Å²) in [5.41, 5.74) is 2.69. The van der Waals surface area contributed by atoms with Crippen LogP contribution < -0.4 is 5.63 Å². The van der Waals surface area contributed by atoms with Crippen molar-refractivity contribution in [3.63, 3.8) is 0 Å². The van der Waals surface area contributed by atoms with Gasteiger partial charge in [0.25, 0.3) is 0 Å². The molecule has 16 heavy (non-hydrogen) atoms. The number of nitrogens with zero attached hydrogens (tertiary/aromatic N) is 1. The molecule has 3 nitrogen and oxygen atoms in total. The average molecular weight is 213 g/mol. The highest BCUT2D eigenvalue weighted by atomic mass is 16.4. The van der Waals surface area contributed by atoms with Crippen LogP contribution in [0.4, 0.5) is 0 Å². The zero-order valence-corrected chi connectivity index (χ0v) is 9.15. The molecule has 0 aliphatic heterocycles. The summed E-state index contributed by atoms with van der Waals surface area (Å²) in [6.45, 7) is 2.06. The highest BCUT2D eigenvalue weighted by Crippen LogP contribution is 2.27. The van der Waals surface area contributed by atoms with E-state index in [0.717, 1.165) is 16.3 Å². The van der Waals surface area contributed by atoms with Crippen molar-refractivity contribution >= 4 is 21.9 Å². The largest absolute Gasteiger partial charge is 0.423 e. The fourth-order valence-electron chi connectivity index (χ4n) is 2.27. The van der Waals surface area contributed by atoms with Gasteiger partial charge in [0.15, 0.2) is 0 Å². The molecular formula is C13H11NO2. The van der Waals surface area contributed by atoms with E-state index in [9.17, 15) is 4.79 Å². The van der Waals surface area contributed by atoms with Crippen molar-refractivity contribution in [1.82, 2.24) is 4.57 Å². The van der Waals surface area contributed by atoms with Gasteiger partial charge in [-0.1, -0.05) is 0 Å². The van der Waals surface area contributed by atoms with Crippen LogP contribution in [-0.2, 0) is 7.05 Å². The number of benzene rings is 1. The zero-order valence-electron chi connectivity index (χ0n) is 9.15. The molecule has 0 fully saturated rings. The highest BCUT2D eigenvalue weighted by Gasteiger charge is 2.08. The Morgan fingerprint density at radius 1 is 1.19 bits per heavy atom. The van der Waals surface area contributed by atoms with Crippen LogP contribution in [0.1, 0.15) is 5.56 Å². The Morgan fingerprint density at radius 2 is 2.00 bits per heavy atom. The van der Waals surface area contributed by atoms with Gasteiger partial charge in [-0.2, -0.15) is 0 Å². The molecule has 0 N–H and O–H groups in total. The zero-order chi connectivity index (χ0) is 11.3. The van der Waals surface area contributed by atoms with E-state index >= 15 is 0 Å². The van der Waals surface area contributed by atoms with Crippen LogP contribution in [0.15, 0.2) is 39.7 Å².